The van der Waals surface area contributed by atoms with Gasteiger partial charge < -0.3 is 10.2 Å². The Morgan fingerprint density at radius 3 is 2.58 bits per heavy atom. The lowest BCUT2D eigenvalue weighted by atomic mass is 10.2. The molecule has 0 aromatic heterocycles. The topological polar surface area (TPSA) is 50.7 Å². The van der Waals surface area contributed by atoms with Crippen LogP contribution in [0.15, 0.2) is 35.5 Å². The predicted octanol–water partition coefficient (Wildman–Crippen LogP) is 4.40. The van der Waals surface area contributed by atoms with E-state index in [9.17, 15) is 18.0 Å². The highest BCUT2D eigenvalue weighted by atomic mass is 35.5. The lowest BCUT2D eigenvalue weighted by Crippen LogP contribution is -2.18. The average molecular weight is 377 g/mol. The van der Waals surface area contributed by atoms with E-state index in [0.717, 1.165) is 6.07 Å². The summed E-state index contributed by atoms with van der Waals surface area (Å²) in [6, 6.07) is 6.30. The minimum absolute atomic E-state index is 0.326. The Balaban J connectivity index is 1.88. The van der Waals surface area contributed by atoms with Crippen molar-refractivity contribution >= 4 is 41.0 Å². The van der Waals surface area contributed by atoms with Crippen LogP contribution in [0.5, 0.6) is 0 Å². The second kappa shape index (κ2) is 8.03. The van der Waals surface area contributed by atoms with Gasteiger partial charge >= 0.3 is 0 Å². The summed E-state index contributed by atoms with van der Waals surface area (Å²) in [4.78, 5) is 16.3. The van der Waals surface area contributed by atoms with Crippen LogP contribution in [0.25, 0.3) is 0 Å². The van der Waals surface area contributed by atoms with Crippen LogP contribution < -0.4 is 5.32 Å². The third-order valence-corrected chi connectivity index (χ3v) is 3.46. The number of carbonyl (C=O) groups excluding carboxylic acids is 1. The van der Waals surface area contributed by atoms with Gasteiger partial charge in [0.05, 0.1) is 21.9 Å². The van der Waals surface area contributed by atoms with Gasteiger partial charge in [-0.2, -0.15) is 0 Å². The molecular formula is C15H9Cl2F3N2O2. The molecule has 0 atom stereocenters. The molecule has 4 nitrogen and oxygen atoms in total. The van der Waals surface area contributed by atoms with Crippen LogP contribution >= 0.6 is 23.2 Å². The minimum atomic E-state index is -1.67. The Hall–Kier alpha value is -2.25. The maximum atomic E-state index is 13.4. The van der Waals surface area contributed by atoms with E-state index >= 15 is 0 Å². The van der Waals surface area contributed by atoms with Crippen molar-refractivity contribution in [2.24, 2.45) is 5.16 Å². The molecule has 2 rings (SSSR count). The maximum Gasteiger partial charge on any atom is 0.265 e. The van der Waals surface area contributed by atoms with E-state index in [2.05, 4.69) is 5.16 Å². The second-order valence-electron chi connectivity index (χ2n) is 4.45. The highest BCUT2D eigenvalue weighted by molar-refractivity contribution is 6.42. The summed E-state index contributed by atoms with van der Waals surface area (Å²) in [6.07, 6.45) is 1.29. The standard InChI is InChI=1S/C15H9Cl2F3N2O2/c16-9-2-1-8(5-10(9)17)6-21-24-7-13(23)22-12-4-3-11(18)14(19)15(12)20/h1-6H,7H2,(H,22,23)/b21-6-. The third kappa shape index (κ3) is 4.62. The minimum Gasteiger partial charge on any atom is -0.386 e. The summed E-state index contributed by atoms with van der Waals surface area (Å²) < 4.78 is 39.2. The molecule has 126 valence electrons. The van der Waals surface area contributed by atoms with Gasteiger partial charge in [-0.3, -0.25) is 4.79 Å². The van der Waals surface area contributed by atoms with Crippen LogP contribution in [0.1, 0.15) is 5.56 Å². The second-order valence-corrected chi connectivity index (χ2v) is 5.27. The smallest absolute Gasteiger partial charge is 0.265 e. The molecule has 0 heterocycles. The van der Waals surface area contributed by atoms with Crippen molar-refractivity contribution in [1.29, 1.82) is 0 Å². The monoisotopic (exact) mass is 376 g/mol. The van der Waals surface area contributed by atoms with E-state index in [4.69, 9.17) is 28.0 Å². The number of oxime groups is 1. The lowest BCUT2D eigenvalue weighted by molar-refractivity contribution is -0.120. The Morgan fingerprint density at radius 2 is 1.88 bits per heavy atom. The first-order valence-corrected chi connectivity index (χ1v) is 7.18. The summed E-state index contributed by atoms with van der Waals surface area (Å²) in [5, 5.41) is 6.27. The summed E-state index contributed by atoms with van der Waals surface area (Å²) in [5.41, 5.74) is 0.0763. The zero-order valence-electron chi connectivity index (χ0n) is 11.8. The molecule has 2 aromatic rings. The average Bonchev–Trinajstić information content (AvgIpc) is 2.55. The van der Waals surface area contributed by atoms with Crippen molar-refractivity contribution in [3.05, 3.63) is 63.4 Å². The molecule has 0 spiro atoms. The fraction of sp³-hybridized carbons (Fsp3) is 0.0667. The van der Waals surface area contributed by atoms with Crippen LogP contribution in [-0.2, 0) is 9.63 Å². The first kappa shape index (κ1) is 18.1. The third-order valence-electron chi connectivity index (χ3n) is 2.72. The van der Waals surface area contributed by atoms with Crippen LogP contribution in [-0.4, -0.2) is 18.7 Å². The van der Waals surface area contributed by atoms with Crippen molar-refractivity contribution in [3.63, 3.8) is 0 Å². The number of nitrogens with one attached hydrogen (secondary N) is 1. The quantitative estimate of drug-likeness (QED) is 0.477. The highest BCUT2D eigenvalue weighted by Crippen LogP contribution is 2.22. The number of halogens is 5. The van der Waals surface area contributed by atoms with Crippen LogP contribution in [0, 0.1) is 17.5 Å². The SMILES string of the molecule is O=C(CO/N=C\c1ccc(Cl)c(Cl)c1)Nc1ccc(F)c(F)c1F. The van der Waals surface area contributed by atoms with Gasteiger partial charge in [0.1, 0.15) is 0 Å². The van der Waals surface area contributed by atoms with Crippen molar-refractivity contribution in [2.45, 2.75) is 0 Å². The molecule has 0 fully saturated rings. The molecule has 0 saturated heterocycles. The number of hydrogen-bond acceptors (Lipinski definition) is 3. The van der Waals surface area contributed by atoms with E-state index in [-0.39, 0.29) is 0 Å². The van der Waals surface area contributed by atoms with Crippen molar-refractivity contribution in [2.75, 3.05) is 11.9 Å². The molecule has 0 aliphatic rings. The van der Waals surface area contributed by atoms with Crippen molar-refractivity contribution < 1.29 is 22.8 Å². The number of nitrogens with zero attached hydrogens (tertiary/aromatic N) is 1. The Bertz CT molecular complexity index is 801. The van der Waals surface area contributed by atoms with Crippen LogP contribution in [0.4, 0.5) is 18.9 Å². The van der Waals surface area contributed by atoms with E-state index in [1.165, 1.54) is 12.3 Å². The lowest BCUT2D eigenvalue weighted by Gasteiger charge is -2.06. The van der Waals surface area contributed by atoms with Gasteiger partial charge in [0, 0.05) is 0 Å². The number of rotatable bonds is 5. The molecule has 0 radical (unpaired) electrons. The van der Waals surface area contributed by atoms with Gasteiger partial charge in [-0.05, 0) is 29.8 Å². The molecule has 0 aliphatic carbocycles. The molecule has 24 heavy (non-hydrogen) atoms. The first-order valence-electron chi connectivity index (χ1n) is 6.42. The van der Waals surface area contributed by atoms with E-state index in [1.807, 2.05) is 5.32 Å². The van der Waals surface area contributed by atoms with E-state index in [0.29, 0.717) is 21.7 Å². The van der Waals surface area contributed by atoms with Gasteiger partial charge in [0.15, 0.2) is 24.1 Å². The van der Waals surface area contributed by atoms with E-state index < -0.39 is 35.7 Å². The number of anilines is 1. The number of benzene rings is 2. The van der Waals surface area contributed by atoms with Gasteiger partial charge in [0.25, 0.3) is 5.91 Å². The molecule has 0 unspecified atom stereocenters. The van der Waals surface area contributed by atoms with Crippen molar-refractivity contribution in [3.8, 4) is 0 Å². The molecule has 2 aromatic carbocycles. The van der Waals surface area contributed by atoms with Crippen LogP contribution in [0.2, 0.25) is 10.0 Å². The predicted molar refractivity (Wildman–Crippen MR) is 85.0 cm³/mol. The number of carbonyl (C=O) groups is 1. The normalized spacial score (nSPS) is 10.9. The summed E-state index contributed by atoms with van der Waals surface area (Å²) >= 11 is 11.6. The Morgan fingerprint density at radius 1 is 1.12 bits per heavy atom. The first-order chi connectivity index (χ1) is 11.4. The summed E-state index contributed by atoms with van der Waals surface area (Å²) in [5.74, 6) is -5.33. The highest BCUT2D eigenvalue weighted by Gasteiger charge is 2.15. The van der Waals surface area contributed by atoms with Crippen LogP contribution in [0.3, 0.4) is 0 Å². The maximum absolute atomic E-state index is 13.4. The summed E-state index contributed by atoms with van der Waals surface area (Å²) in [7, 11) is 0. The van der Waals surface area contributed by atoms with Gasteiger partial charge in [-0.25, -0.2) is 13.2 Å². The van der Waals surface area contributed by atoms with E-state index in [1.54, 1.807) is 12.1 Å². The Labute approximate surface area is 144 Å². The molecule has 1 N–H and O–H groups in total. The Kier molecular flexibility index (Phi) is 6.05. The molecule has 0 bridgehead atoms. The zero-order valence-corrected chi connectivity index (χ0v) is 13.3. The number of hydrogen-bond donors (Lipinski definition) is 1. The van der Waals surface area contributed by atoms with Gasteiger partial charge in [0.2, 0.25) is 0 Å². The molecule has 0 aliphatic heterocycles. The summed E-state index contributed by atoms with van der Waals surface area (Å²) in [6.45, 7) is -0.559. The van der Waals surface area contributed by atoms with Gasteiger partial charge in [-0.1, -0.05) is 34.4 Å². The zero-order chi connectivity index (χ0) is 17.7. The van der Waals surface area contributed by atoms with Gasteiger partial charge in [-0.15, -0.1) is 0 Å². The molecular weight excluding hydrogens is 368 g/mol. The van der Waals surface area contributed by atoms with Crippen molar-refractivity contribution in [1.82, 2.24) is 0 Å². The molecule has 1 amide bonds. The fourth-order valence-electron chi connectivity index (χ4n) is 1.60. The number of amides is 1. The molecule has 9 heteroatoms. The largest absolute Gasteiger partial charge is 0.386 e. The fourth-order valence-corrected chi connectivity index (χ4v) is 1.90. The molecule has 0 saturated carbocycles.